The standard InChI is InChI=1S/C14H18N2O3/c1-9(14(19)15-2)16-8-10(7-13(17)18)11-5-3-4-6-12(11)16/h3-6,9-10H,7-8H2,1-2H3,(H,15,19)(H,17,18). The first-order valence-corrected chi connectivity index (χ1v) is 6.33. The molecular formula is C14H18N2O3. The fourth-order valence-electron chi connectivity index (χ4n) is 2.63. The van der Waals surface area contributed by atoms with Gasteiger partial charge in [0.1, 0.15) is 6.04 Å². The molecule has 19 heavy (non-hydrogen) atoms. The summed E-state index contributed by atoms with van der Waals surface area (Å²) in [6.45, 7) is 2.40. The number of para-hydroxylation sites is 1. The fraction of sp³-hybridized carbons (Fsp3) is 0.429. The number of carbonyl (C=O) groups excluding carboxylic acids is 1. The van der Waals surface area contributed by atoms with Gasteiger partial charge in [-0.25, -0.2) is 0 Å². The number of nitrogens with one attached hydrogen (secondary N) is 1. The highest BCUT2D eigenvalue weighted by Crippen LogP contribution is 2.38. The Balaban J connectivity index is 2.29. The van der Waals surface area contributed by atoms with Crippen molar-refractivity contribution in [3.8, 4) is 0 Å². The van der Waals surface area contributed by atoms with Gasteiger partial charge in [0.05, 0.1) is 6.42 Å². The highest BCUT2D eigenvalue weighted by Gasteiger charge is 2.34. The van der Waals surface area contributed by atoms with Crippen molar-refractivity contribution in [2.45, 2.75) is 25.3 Å². The highest BCUT2D eigenvalue weighted by atomic mass is 16.4. The number of likely N-dealkylation sites (N-methyl/N-ethyl adjacent to an activating group) is 1. The van der Waals surface area contributed by atoms with E-state index in [1.54, 1.807) is 7.05 Å². The van der Waals surface area contributed by atoms with E-state index in [0.29, 0.717) is 6.54 Å². The van der Waals surface area contributed by atoms with Crippen LogP contribution in [0.15, 0.2) is 24.3 Å². The molecule has 0 fully saturated rings. The number of fused-ring (bicyclic) bond motifs is 1. The number of hydrogen-bond acceptors (Lipinski definition) is 3. The molecule has 5 nitrogen and oxygen atoms in total. The fourth-order valence-corrected chi connectivity index (χ4v) is 2.63. The van der Waals surface area contributed by atoms with Crippen LogP contribution in [0.25, 0.3) is 0 Å². The van der Waals surface area contributed by atoms with E-state index in [-0.39, 0.29) is 24.3 Å². The summed E-state index contributed by atoms with van der Waals surface area (Å²) in [5.74, 6) is -0.930. The van der Waals surface area contributed by atoms with Crippen molar-refractivity contribution in [3.05, 3.63) is 29.8 Å². The lowest BCUT2D eigenvalue weighted by Crippen LogP contribution is -2.43. The molecule has 1 heterocycles. The number of anilines is 1. The van der Waals surface area contributed by atoms with Gasteiger partial charge < -0.3 is 15.3 Å². The van der Waals surface area contributed by atoms with Crippen LogP contribution < -0.4 is 10.2 Å². The molecule has 1 aromatic rings. The van der Waals surface area contributed by atoms with Crippen molar-refractivity contribution in [1.82, 2.24) is 5.32 Å². The molecule has 5 heteroatoms. The van der Waals surface area contributed by atoms with E-state index in [1.165, 1.54) is 0 Å². The zero-order valence-corrected chi connectivity index (χ0v) is 11.1. The molecule has 1 aromatic carbocycles. The summed E-state index contributed by atoms with van der Waals surface area (Å²) in [7, 11) is 1.61. The Morgan fingerprint density at radius 2 is 2.16 bits per heavy atom. The number of benzene rings is 1. The summed E-state index contributed by atoms with van der Waals surface area (Å²) < 4.78 is 0. The Hall–Kier alpha value is -2.04. The van der Waals surface area contributed by atoms with E-state index in [2.05, 4.69) is 5.32 Å². The molecule has 1 amide bonds. The lowest BCUT2D eigenvalue weighted by atomic mass is 9.98. The minimum atomic E-state index is -0.811. The molecule has 2 unspecified atom stereocenters. The van der Waals surface area contributed by atoms with Crippen LogP contribution in [0.5, 0.6) is 0 Å². The van der Waals surface area contributed by atoms with Crippen LogP contribution in [0.2, 0.25) is 0 Å². The number of aliphatic carboxylic acids is 1. The smallest absolute Gasteiger partial charge is 0.304 e. The van der Waals surface area contributed by atoms with Crippen molar-refractivity contribution >= 4 is 17.6 Å². The van der Waals surface area contributed by atoms with E-state index in [9.17, 15) is 9.59 Å². The molecule has 102 valence electrons. The number of rotatable bonds is 4. The lowest BCUT2D eigenvalue weighted by Gasteiger charge is -2.26. The van der Waals surface area contributed by atoms with Gasteiger partial charge in [-0.2, -0.15) is 0 Å². The van der Waals surface area contributed by atoms with Crippen LogP contribution in [-0.4, -0.2) is 36.6 Å². The Bertz CT molecular complexity index is 501. The van der Waals surface area contributed by atoms with Crippen molar-refractivity contribution in [3.63, 3.8) is 0 Å². The Labute approximate surface area is 112 Å². The van der Waals surface area contributed by atoms with Gasteiger partial charge in [0, 0.05) is 25.2 Å². The minimum Gasteiger partial charge on any atom is -0.481 e. The van der Waals surface area contributed by atoms with Crippen molar-refractivity contribution in [1.29, 1.82) is 0 Å². The molecule has 2 atom stereocenters. The van der Waals surface area contributed by atoms with Gasteiger partial charge in [-0.1, -0.05) is 18.2 Å². The third kappa shape index (κ3) is 2.54. The SMILES string of the molecule is CNC(=O)C(C)N1CC(CC(=O)O)c2ccccc21. The average Bonchev–Trinajstić information content (AvgIpc) is 2.75. The molecule has 2 rings (SSSR count). The minimum absolute atomic E-state index is 0.0548. The maximum Gasteiger partial charge on any atom is 0.304 e. The quantitative estimate of drug-likeness (QED) is 0.855. The summed E-state index contributed by atoms with van der Waals surface area (Å²) in [6.07, 6.45) is 0.0912. The molecule has 0 saturated heterocycles. The van der Waals surface area contributed by atoms with Crippen molar-refractivity contribution < 1.29 is 14.7 Å². The van der Waals surface area contributed by atoms with E-state index in [1.807, 2.05) is 36.1 Å². The van der Waals surface area contributed by atoms with Gasteiger partial charge in [-0.15, -0.1) is 0 Å². The van der Waals surface area contributed by atoms with E-state index in [0.717, 1.165) is 11.3 Å². The molecular weight excluding hydrogens is 244 g/mol. The Morgan fingerprint density at radius 3 is 2.79 bits per heavy atom. The monoisotopic (exact) mass is 262 g/mol. The molecule has 0 saturated carbocycles. The van der Waals surface area contributed by atoms with Crippen molar-refractivity contribution in [2.75, 3.05) is 18.5 Å². The second kappa shape index (κ2) is 5.30. The average molecular weight is 262 g/mol. The zero-order valence-electron chi connectivity index (χ0n) is 11.1. The molecule has 0 bridgehead atoms. The Kier molecular flexibility index (Phi) is 3.74. The van der Waals surface area contributed by atoms with Crippen molar-refractivity contribution in [2.24, 2.45) is 0 Å². The van der Waals surface area contributed by atoms with Crippen LogP contribution >= 0.6 is 0 Å². The number of amides is 1. The molecule has 2 N–H and O–H groups in total. The van der Waals surface area contributed by atoms with Crippen LogP contribution in [-0.2, 0) is 9.59 Å². The first-order chi connectivity index (χ1) is 9.04. The molecule has 0 radical (unpaired) electrons. The third-order valence-electron chi connectivity index (χ3n) is 3.62. The number of carbonyl (C=O) groups is 2. The molecule has 0 aromatic heterocycles. The van der Waals surface area contributed by atoms with Gasteiger partial charge in [-0.3, -0.25) is 9.59 Å². The molecule has 1 aliphatic rings. The summed E-state index contributed by atoms with van der Waals surface area (Å²) >= 11 is 0. The second-order valence-electron chi connectivity index (χ2n) is 4.80. The van der Waals surface area contributed by atoms with E-state index >= 15 is 0 Å². The van der Waals surface area contributed by atoms with Crippen LogP contribution in [0.3, 0.4) is 0 Å². The second-order valence-corrected chi connectivity index (χ2v) is 4.80. The zero-order chi connectivity index (χ0) is 14.0. The van der Waals surface area contributed by atoms with Crippen LogP contribution in [0.1, 0.15) is 24.8 Å². The predicted molar refractivity (Wildman–Crippen MR) is 72.3 cm³/mol. The maximum absolute atomic E-state index is 11.8. The third-order valence-corrected chi connectivity index (χ3v) is 3.62. The first kappa shape index (κ1) is 13.4. The Morgan fingerprint density at radius 1 is 1.47 bits per heavy atom. The first-order valence-electron chi connectivity index (χ1n) is 6.33. The largest absolute Gasteiger partial charge is 0.481 e. The van der Waals surface area contributed by atoms with Gasteiger partial charge in [-0.05, 0) is 18.6 Å². The van der Waals surface area contributed by atoms with Gasteiger partial charge in [0.25, 0.3) is 0 Å². The topological polar surface area (TPSA) is 69.6 Å². The number of carboxylic acids is 1. The van der Waals surface area contributed by atoms with E-state index < -0.39 is 5.97 Å². The maximum atomic E-state index is 11.8. The summed E-state index contributed by atoms with van der Waals surface area (Å²) in [4.78, 5) is 24.7. The van der Waals surface area contributed by atoms with Crippen LogP contribution in [0.4, 0.5) is 5.69 Å². The molecule has 0 aliphatic carbocycles. The summed E-state index contributed by atoms with van der Waals surface area (Å²) in [5.41, 5.74) is 1.98. The predicted octanol–water partition coefficient (Wildman–Crippen LogP) is 1.20. The van der Waals surface area contributed by atoms with Gasteiger partial charge >= 0.3 is 5.97 Å². The number of nitrogens with zero attached hydrogens (tertiary/aromatic N) is 1. The molecule has 0 spiro atoms. The van der Waals surface area contributed by atoms with Gasteiger partial charge in [0.15, 0.2) is 0 Å². The number of hydrogen-bond donors (Lipinski definition) is 2. The summed E-state index contributed by atoms with van der Waals surface area (Å²) in [5, 5.41) is 11.6. The summed E-state index contributed by atoms with van der Waals surface area (Å²) in [6, 6.07) is 7.40. The lowest BCUT2D eigenvalue weighted by molar-refractivity contribution is -0.137. The highest BCUT2D eigenvalue weighted by molar-refractivity contribution is 5.86. The molecule has 1 aliphatic heterocycles. The van der Waals surface area contributed by atoms with E-state index in [4.69, 9.17) is 5.11 Å². The van der Waals surface area contributed by atoms with Crippen LogP contribution in [0, 0.1) is 0 Å². The normalized spacial score (nSPS) is 18.8. The number of carboxylic acid groups (broad SMARTS) is 1. The van der Waals surface area contributed by atoms with Gasteiger partial charge in [0.2, 0.25) is 5.91 Å².